The van der Waals surface area contributed by atoms with Crippen LogP contribution in [0, 0.1) is 0 Å². The highest BCUT2D eigenvalue weighted by atomic mass is 32.2. The first-order valence-corrected chi connectivity index (χ1v) is 13.3. The second-order valence-electron chi connectivity index (χ2n) is 7.74. The minimum absolute atomic E-state index is 0.120. The van der Waals surface area contributed by atoms with Gasteiger partial charge < -0.3 is 9.73 Å². The molecular formula is C23H26N4O4S2. The molecule has 10 heteroatoms. The molecule has 1 amide bonds. The zero-order valence-corrected chi connectivity index (χ0v) is 19.8. The summed E-state index contributed by atoms with van der Waals surface area (Å²) in [6, 6.07) is 16.5. The van der Waals surface area contributed by atoms with E-state index in [0.29, 0.717) is 25.2 Å². The standard InChI is InChI=1S/C23H26N4O4S2/c28-21(24-13-12-18-8-3-1-4-9-18)17-32-23-26-25-22(31-23)19-10-7-11-20(16-19)33(29,30)27-14-5-2-6-15-27/h1,3-4,7-11,16H,2,5-6,12-15,17H2,(H,24,28). The van der Waals surface area contributed by atoms with Crippen LogP contribution in [0.2, 0.25) is 0 Å². The Bertz CT molecular complexity index is 1180. The van der Waals surface area contributed by atoms with Crippen molar-refractivity contribution in [2.45, 2.75) is 35.8 Å². The van der Waals surface area contributed by atoms with Gasteiger partial charge in [-0.1, -0.05) is 54.6 Å². The maximum Gasteiger partial charge on any atom is 0.277 e. The fraction of sp³-hybridized carbons (Fsp3) is 0.348. The fourth-order valence-electron chi connectivity index (χ4n) is 3.60. The minimum atomic E-state index is -3.55. The first-order chi connectivity index (χ1) is 16.0. The number of amides is 1. The van der Waals surface area contributed by atoms with Crippen LogP contribution in [-0.2, 0) is 21.2 Å². The number of thioether (sulfide) groups is 1. The van der Waals surface area contributed by atoms with Crippen molar-refractivity contribution in [3.63, 3.8) is 0 Å². The highest BCUT2D eigenvalue weighted by Crippen LogP contribution is 2.27. The van der Waals surface area contributed by atoms with Gasteiger partial charge in [-0.3, -0.25) is 4.79 Å². The number of hydrogen-bond acceptors (Lipinski definition) is 7. The lowest BCUT2D eigenvalue weighted by atomic mass is 10.1. The van der Waals surface area contributed by atoms with Crippen molar-refractivity contribution in [2.24, 2.45) is 0 Å². The Morgan fingerprint density at radius 2 is 1.82 bits per heavy atom. The number of nitrogens with one attached hydrogen (secondary N) is 1. The van der Waals surface area contributed by atoms with E-state index in [0.717, 1.165) is 43.0 Å². The molecule has 0 bridgehead atoms. The summed E-state index contributed by atoms with van der Waals surface area (Å²) in [7, 11) is -3.55. The quantitative estimate of drug-likeness (QED) is 0.462. The van der Waals surface area contributed by atoms with Crippen LogP contribution in [0.25, 0.3) is 11.5 Å². The van der Waals surface area contributed by atoms with Gasteiger partial charge in [0.05, 0.1) is 10.6 Å². The Kier molecular flexibility index (Phi) is 7.79. The molecule has 0 aliphatic carbocycles. The molecule has 3 aromatic rings. The van der Waals surface area contributed by atoms with Crippen LogP contribution in [0.1, 0.15) is 24.8 Å². The molecular weight excluding hydrogens is 460 g/mol. The first-order valence-electron chi connectivity index (χ1n) is 10.9. The predicted octanol–water partition coefficient (Wildman–Crippen LogP) is 3.36. The Balaban J connectivity index is 1.32. The van der Waals surface area contributed by atoms with Crippen molar-refractivity contribution in [2.75, 3.05) is 25.4 Å². The van der Waals surface area contributed by atoms with E-state index >= 15 is 0 Å². The fourth-order valence-corrected chi connectivity index (χ4v) is 5.75. The molecule has 0 unspecified atom stereocenters. The lowest BCUT2D eigenvalue weighted by Gasteiger charge is -2.25. The van der Waals surface area contributed by atoms with Crippen molar-refractivity contribution in [1.82, 2.24) is 19.8 Å². The molecule has 2 heterocycles. The summed E-state index contributed by atoms with van der Waals surface area (Å²) >= 11 is 1.14. The second kappa shape index (κ2) is 11.0. The average molecular weight is 487 g/mol. The van der Waals surface area contributed by atoms with Crippen molar-refractivity contribution >= 4 is 27.7 Å². The van der Waals surface area contributed by atoms with E-state index in [9.17, 15) is 13.2 Å². The first kappa shape index (κ1) is 23.5. The number of hydrogen-bond donors (Lipinski definition) is 1. The Hall–Kier alpha value is -2.69. The zero-order valence-electron chi connectivity index (χ0n) is 18.1. The van der Waals surface area contributed by atoms with Crippen molar-refractivity contribution in [3.8, 4) is 11.5 Å². The number of carbonyl (C=O) groups is 1. The van der Waals surface area contributed by atoms with Crippen LogP contribution in [0.4, 0.5) is 0 Å². The molecule has 1 aromatic heterocycles. The number of rotatable bonds is 9. The number of carbonyl (C=O) groups excluding carboxylic acids is 1. The maximum atomic E-state index is 12.9. The van der Waals surface area contributed by atoms with Crippen LogP contribution < -0.4 is 5.32 Å². The van der Waals surface area contributed by atoms with E-state index in [1.165, 1.54) is 4.31 Å². The Morgan fingerprint density at radius 1 is 1.03 bits per heavy atom. The number of benzene rings is 2. The monoisotopic (exact) mass is 486 g/mol. The molecule has 1 fully saturated rings. The summed E-state index contributed by atoms with van der Waals surface area (Å²) in [5.41, 5.74) is 1.69. The predicted molar refractivity (Wildman–Crippen MR) is 126 cm³/mol. The third kappa shape index (κ3) is 6.21. The molecule has 174 valence electrons. The molecule has 1 N–H and O–H groups in total. The lowest BCUT2D eigenvalue weighted by Crippen LogP contribution is -2.35. The summed E-state index contributed by atoms with van der Waals surface area (Å²) < 4.78 is 33.1. The van der Waals surface area contributed by atoms with E-state index in [2.05, 4.69) is 15.5 Å². The molecule has 0 spiro atoms. The van der Waals surface area contributed by atoms with Gasteiger partial charge in [0, 0.05) is 25.2 Å². The van der Waals surface area contributed by atoms with E-state index in [1.54, 1.807) is 24.3 Å². The highest BCUT2D eigenvalue weighted by Gasteiger charge is 2.26. The van der Waals surface area contributed by atoms with Crippen LogP contribution in [0.5, 0.6) is 0 Å². The summed E-state index contributed by atoms with van der Waals surface area (Å²) in [4.78, 5) is 12.3. The Labute approximate surface area is 197 Å². The van der Waals surface area contributed by atoms with Gasteiger partial charge in [0.1, 0.15) is 0 Å². The largest absolute Gasteiger partial charge is 0.411 e. The molecule has 33 heavy (non-hydrogen) atoms. The van der Waals surface area contributed by atoms with Gasteiger partial charge in [0.25, 0.3) is 5.22 Å². The molecule has 1 saturated heterocycles. The average Bonchev–Trinajstić information content (AvgIpc) is 3.33. The Morgan fingerprint density at radius 3 is 2.61 bits per heavy atom. The van der Waals surface area contributed by atoms with Crippen molar-refractivity contribution in [1.29, 1.82) is 0 Å². The van der Waals surface area contributed by atoms with Crippen molar-refractivity contribution in [3.05, 3.63) is 60.2 Å². The molecule has 0 radical (unpaired) electrons. The van der Waals surface area contributed by atoms with Gasteiger partial charge in [-0.05, 0) is 43.0 Å². The van der Waals surface area contributed by atoms with Gasteiger partial charge >= 0.3 is 0 Å². The third-order valence-corrected chi connectivity index (χ3v) is 8.06. The van der Waals surface area contributed by atoms with Gasteiger partial charge in [-0.2, -0.15) is 4.31 Å². The lowest BCUT2D eigenvalue weighted by molar-refractivity contribution is -0.118. The molecule has 8 nitrogen and oxygen atoms in total. The number of aromatic nitrogens is 2. The summed E-state index contributed by atoms with van der Waals surface area (Å²) in [6.45, 7) is 1.64. The maximum absolute atomic E-state index is 12.9. The topological polar surface area (TPSA) is 105 Å². The summed E-state index contributed by atoms with van der Waals surface area (Å²) in [5, 5.41) is 11.1. The smallest absolute Gasteiger partial charge is 0.277 e. The van der Waals surface area contributed by atoms with E-state index in [-0.39, 0.29) is 27.7 Å². The van der Waals surface area contributed by atoms with Gasteiger partial charge in [-0.25, -0.2) is 8.42 Å². The summed E-state index contributed by atoms with van der Waals surface area (Å²) in [6.07, 6.45) is 3.57. The number of piperidine rings is 1. The molecule has 0 saturated carbocycles. The highest BCUT2D eigenvalue weighted by molar-refractivity contribution is 7.99. The van der Waals surface area contributed by atoms with Crippen LogP contribution in [-0.4, -0.2) is 54.2 Å². The normalized spacial score (nSPS) is 14.8. The SMILES string of the molecule is O=C(CSc1nnc(-c2cccc(S(=O)(=O)N3CCCCC3)c2)o1)NCCc1ccccc1. The van der Waals surface area contributed by atoms with Gasteiger partial charge in [0.2, 0.25) is 21.8 Å². The van der Waals surface area contributed by atoms with Crippen LogP contribution in [0.15, 0.2) is 69.1 Å². The molecule has 4 rings (SSSR count). The van der Waals surface area contributed by atoms with Gasteiger partial charge in [-0.15, -0.1) is 10.2 Å². The van der Waals surface area contributed by atoms with Gasteiger partial charge in [0.15, 0.2) is 0 Å². The summed E-state index contributed by atoms with van der Waals surface area (Å²) in [5.74, 6) is 0.253. The zero-order chi connectivity index (χ0) is 23.1. The molecule has 1 aliphatic heterocycles. The molecule has 2 aromatic carbocycles. The minimum Gasteiger partial charge on any atom is -0.411 e. The third-order valence-electron chi connectivity index (χ3n) is 5.35. The van der Waals surface area contributed by atoms with Crippen molar-refractivity contribution < 1.29 is 17.6 Å². The van der Waals surface area contributed by atoms with E-state index in [1.807, 2.05) is 30.3 Å². The number of sulfonamides is 1. The molecule has 0 atom stereocenters. The second-order valence-corrected chi connectivity index (χ2v) is 10.6. The molecule has 1 aliphatic rings. The number of nitrogens with zero attached hydrogens (tertiary/aromatic N) is 3. The van der Waals surface area contributed by atoms with Crippen LogP contribution in [0.3, 0.4) is 0 Å². The van der Waals surface area contributed by atoms with Crippen LogP contribution >= 0.6 is 11.8 Å². The van der Waals surface area contributed by atoms with E-state index in [4.69, 9.17) is 4.42 Å². The van der Waals surface area contributed by atoms with E-state index < -0.39 is 10.0 Å².